The zero-order valence-electron chi connectivity index (χ0n) is 15.1. The van der Waals surface area contributed by atoms with Gasteiger partial charge >= 0.3 is 0 Å². The molecule has 0 bridgehead atoms. The lowest BCUT2D eigenvalue weighted by Crippen LogP contribution is -2.43. The Morgan fingerprint density at radius 2 is 2.04 bits per heavy atom. The van der Waals surface area contributed by atoms with E-state index in [4.69, 9.17) is 0 Å². The second-order valence-electron chi connectivity index (χ2n) is 8.87. The van der Waals surface area contributed by atoms with Crippen LogP contribution in [0, 0.1) is 24.2 Å². The molecule has 0 aromatic heterocycles. The van der Waals surface area contributed by atoms with Crippen LogP contribution in [0.15, 0.2) is 12.1 Å². The van der Waals surface area contributed by atoms with Crippen molar-refractivity contribution in [1.29, 1.82) is 0 Å². The molecule has 0 amide bonds. The average molecular weight is 312 g/mol. The summed E-state index contributed by atoms with van der Waals surface area (Å²) in [5.41, 5.74) is 6.73. The molecule has 3 unspecified atom stereocenters. The fraction of sp³-hybridized carbons (Fsp3) is 0.727. The molecule has 2 saturated carbocycles. The molecule has 1 aromatic carbocycles. The third-order valence-corrected chi connectivity index (χ3v) is 7.91. The number of hydrogen-bond acceptors (Lipinski definition) is 1. The summed E-state index contributed by atoms with van der Waals surface area (Å²) in [5, 5.41) is 9.56. The van der Waals surface area contributed by atoms with E-state index in [-0.39, 0.29) is 12.5 Å². The Labute approximate surface area is 141 Å². The maximum Gasteiger partial charge on any atom is 0.0497 e. The smallest absolute Gasteiger partial charge is 0.0497 e. The van der Waals surface area contributed by atoms with E-state index in [0.29, 0.717) is 5.41 Å². The molecule has 3 aliphatic rings. The molecule has 23 heavy (non-hydrogen) atoms. The summed E-state index contributed by atoms with van der Waals surface area (Å²) >= 11 is 0. The molecular weight excluding hydrogens is 280 g/mol. The van der Waals surface area contributed by atoms with Crippen LogP contribution in [0.4, 0.5) is 0 Å². The molecule has 5 atom stereocenters. The summed E-state index contributed by atoms with van der Waals surface area (Å²) < 4.78 is 0. The normalized spacial score (nSPS) is 37.0. The second-order valence-corrected chi connectivity index (χ2v) is 8.87. The molecule has 0 saturated heterocycles. The molecule has 0 radical (unpaired) electrons. The minimum Gasteiger partial charge on any atom is -0.396 e. The van der Waals surface area contributed by atoms with Gasteiger partial charge in [-0.25, -0.2) is 0 Å². The maximum atomic E-state index is 9.56. The highest BCUT2D eigenvalue weighted by Crippen LogP contribution is 2.62. The van der Waals surface area contributed by atoms with Crippen LogP contribution in [-0.2, 0) is 6.42 Å². The van der Waals surface area contributed by atoms with Gasteiger partial charge in [-0.05, 0) is 84.5 Å². The minimum atomic E-state index is 0.256. The summed E-state index contributed by atoms with van der Waals surface area (Å²) in [5.74, 6) is 2.92. The van der Waals surface area contributed by atoms with Crippen molar-refractivity contribution in [3.8, 4) is 0 Å². The van der Waals surface area contributed by atoms with Crippen LogP contribution in [0.25, 0.3) is 0 Å². The van der Waals surface area contributed by atoms with Crippen molar-refractivity contribution in [3.05, 3.63) is 34.4 Å². The SMILES string of the molecule is Cc1c([C@H](C)CO)ccc2c1CC1C2CCC2CCCC[C@@]21C. The Bertz CT molecular complexity index is 604. The van der Waals surface area contributed by atoms with Gasteiger partial charge in [-0.15, -0.1) is 0 Å². The van der Waals surface area contributed by atoms with Gasteiger partial charge in [-0.1, -0.05) is 38.8 Å². The van der Waals surface area contributed by atoms with Gasteiger partial charge in [-0.3, -0.25) is 0 Å². The molecule has 1 nitrogen and oxygen atoms in total. The van der Waals surface area contributed by atoms with E-state index in [1.165, 1.54) is 56.1 Å². The highest BCUT2D eigenvalue weighted by molar-refractivity contribution is 5.48. The summed E-state index contributed by atoms with van der Waals surface area (Å²) in [6, 6.07) is 4.73. The van der Waals surface area contributed by atoms with Crippen molar-refractivity contribution in [2.45, 2.75) is 77.6 Å². The molecule has 2 fully saturated rings. The van der Waals surface area contributed by atoms with E-state index in [9.17, 15) is 5.11 Å². The summed E-state index contributed by atoms with van der Waals surface area (Å²) in [6.07, 6.45) is 9.98. The van der Waals surface area contributed by atoms with Crippen molar-refractivity contribution >= 4 is 0 Å². The highest BCUT2D eigenvalue weighted by atomic mass is 16.3. The Balaban J connectivity index is 1.72. The van der Waals surface area contributed by atoms with Gasteiger partial charge in [-0.2, -0.15) is 0 Å². The average Bonchev–Trinajstić information content (AvgIpc) is 2.95. The van der Waals surface area contributed by atoms with Crippen molar-refractivity contribution in [1.82, 2.24) is 0 Å². The molecular formula is C22H32O. The fourth-order valence-corrected chi connectivity index (χ4v) is 6.45. The zero-order valence-corrected chi connectivity index (χ0v) is 15.1. The molecule has 0 spiro atoms. The van der Waals surface area contributed by atoms with Gasteiger partial charge in [0, 0.05) is 12.5 Å². The molecule has 1 heteroatoms. The first-order chi connectivity index (χ1) is 11.1. The minimum absolute atomic E-state index is 0.256. The van der Waals surface area contributed by atoms with Crippen LogP contribution in [0.2, 0.25) is 0 Å². The predicted octanol–water partition coefficient (Wildman–Crippen LogP) is 5.34. The first-order valence-corrected chi connectivity index (χ1v) is 9.79. The molecule has 1 aromatic rings. The quantitative estimate of drug-likeness (QED) is 0.782. The van der Waals surface area contributed by atoms with Gasteiger partial charge in [0.1, 0.15) is 0 Å². The number of benzene rings is 1. The third-order valence-electron chi connectivity index (χ3n) is 7.91. The summed E-state index contributed by atoms with van der Waals surface area (Å²) in [4.78, 5) is 0. The molecule has 1 N–H and O–H groups in total. The Morgan fingerprint density at radius 3 is 2.83 bits per heavy atom. The van der Waals surface area contributed by atoms with E-state index in [1.807, 2.05) is 0 Å². The van der Waals surface area contributed by atoms with Gasteiger partial charge in [0.2, 0.25) is 0 Å². The maximum absolute atomic E-state index is 9.56. The van der Waals surface area contributed by atoms with Crippen LogP contribution in [0.1, 0.15) is 86.5 Å². The van der Waals surface area contributed by atoms with Crippen LogP contribution >= 0.6 is 0 Å². The summed E-state index contributed by atoms with van der Waals surface area (Å²) in [7, 11) is 0. The predicted molar refractivity (Wildman–Crippen MR) is 95.9 cm³/mol. The molecule has 4 rings (SSSR count). The van der Waals surface area contributed by atoms with E-state index in [0.717, 1.165) is 17.8 Å². The standard InChI is InChI=1S/C22H32O/c1-14(13-23)17-9-10-18-19-8-7-16-6-4-5-11-22(16,3)21(19)12-20(18)15(17)2/h9-10,14,16,19,21,23H,4-8,11-13H2,1-3H3/t14-,16?,19?,21?,22+/m1/s1. The van der Waals surface area contributed by atoms with E-state index in [1.54, 1.807) is 11.1 Å². The number of rotatable bonds is 2. The lowest BCUT2D eigenvalue weighted by molar-refractivity contribution is -0.00536. The lowest BCUT2D eigenvalue weighted by Gasteiger charge is -2.52. The first kappa shape index (κ1) is 15.7. The Morgan fingerprint density at radius 1 is 1.22 bits per heavy atom. The zero-order chi connectivity index (χ0) is 16.2. The van der Waals surface area contributed by atoms with E-state index >= 15 is 0 Å². The molecule has 0 aliphatic heterocycles. The van der Waals surface area contributed by atoms with Crippen molar-refractivity contribution in [2.24, 2.45) is 17.3 Å². The van der Waals surface area contributed by atoms with Gasteiger partial charge in [0.15, 0.2) is 0 Å². The Hall–Kier alpha value is -0.820. The number of fused-ring (bicyclic) bond motifs is 5. The van der Waals surface area contributed by atoms with Crippen LogP contribution in [-0.4, -0.2) is 11.7 Å². The third kappa shape index (κ3) is 2.22. The molecule has 0 heterocycles. The van der Waals surface area contributed by atoms with Crippen molar-refractivity contribution in [3.63, 3.8) is 0 Å². The van der Waals surface area contributed by atoms with E-state index in [2.05, 4.69) is 32.9 Å². The van der Waals surface area contributed by atoms with E-state index < -0.39 is 0 Å². The van der Waals surface area contributed by atoms with Crippen molar-refractivity contribution < 1.29 is 5.11 Å². The van der Waals surface area contributed by atoms with Crippen LogP contribution in [0.5, 0.6) is 0 Å². The molecule has 3 aliphatic carbocycles. The largest absolute Gasteiger partial charge is 0.396 e. The van der Waals surface area contributed by atoms with Gasteiger partial charge in [0.25, 0.3) is 0 Å². The Kier molecular flexibility index (Phi) is 3.83. The topological polar surface area (TPSA) is 20.2 Å². The number of aliphatic hydroxyl groups excluding tert-OH is 1. The van der Waals surface area contributed by atoms with Gasteiger partial charge in [0.05, 0.1) is 0 Å². The van der Waals surface area contributed by atoms with Crippen LogP contribution < -0.4 is 0 Å². The van der Waals surface area contributed by atoms with Crippen LogP contribution in [0.3, 0.4) is 0 Å². The monoisotopic (exact) mass is 312 g/mol. The first-order valence-electron chi connectivity index (χ1n) is 9.79. The second kappa shape index (κ2) is 5.62. The molecule has 126 valence electrons. The number of hydrogen-bond donors (Lipinski definition) is 1. The van der Waals surface area contributed by atoms with Crippen molar-refractivity contribution in [2.75, 3.05) is 6.61 Å². The fourth-order valence-electron chi connectivity index (χ4n) is 6.45. The summed E-state index contributed by atoms with van der Waals surface area (Å²) in [6.45, 7) is 7.33. The number of aliphatic hydroxyl groups is 1. The highest BCUT2D eigenvalue weighted by Gasteiger charge is 2.52. The lowest BCUT2D eigenvalue weighted by atomic mass is 9.53. The van der Waals surface area contributed by atoms with Gasteiger partial charge < -0.3 is 5.11 Å².